The first-order valence-electron chi connectivity index (χ1n) is 7.78. The van der Waals surface area contributed by atoms with Gasteiger partial charge in [-0.25, -0.2) is 4.98 Å². The largest absolute Gasteiger partial charge is 0.493 e. The molecule has 7 heteroatoms. The lowest BCUT2D eigenvalue weighted by Crippen LogP contribution is -2.28. The minimum Gasteiger partial charge on any atom is -0.493 e. The summed E-state index contributed by atoms with van der Waals surface area (Å²) in [7, 11) is 3.20. The van der Waals surface area contributed by atoms with E-state index in [2.05, 4.69) is 10.3 Å². The normalized spacial score (nSPS) is 15.1. The van der Waals surface area contributed by atoms with Crippen LogP contribution in [0.3, 0.4) is 0 Å². The summed E-state index contributed by atoms with van der Waals surface area (Å²) in [5.74, 6) is 1.35. The Morgan fingerprint density at radius 3 is 2.71 bits per heavy atom. The van der Waals surface area contributed by atoms with E-state index in [0.29, 0.717) is 29.8 Å². The average molecular weight is 348 g/mol. The van der Waals surface area contributed by atoms with Crippen LogP contribution in [-0.2, 0) is 9.53 Å². The third-order valence-electron chi connectivity index (χ3n) is 4.01. The van der Waals surface area contributed by atoms with Crippen LogP contribution in [0.25, 0.3) is 11.3 Å². The molecule has 1 aliphatic rings. The van der Waals surface area contributed by atoms with Crippen LogP contribution < -0.4 is 14.8 Å². The predicted molar refractivity (Wildman–Crippen MR) is 92.8 cm³/mol. The minimum absolute atomic E-state index is 0.00665. The number of amides is 1. The fourth-order valence-corrected chi connectivity index (χ4v) is 3.35. The van der Waals surface area contributed by atoms with Crippen molar-refractivity contribution in [2.24, 2.45) is 5.92 Å². The second kappa shape index (κ2) is 7.63. The topological polar surface area (TPSA) is 69.7 Å². The van der Waals surface area contributed by atoms with Crippen LogP contribution >= 0.6 is 11.3 Å². The van der Waals surface area contributed by atoms with Crippen LogP contribution in [0, 0.1) is 5.92 Å². The number of nitrogens with zero attached hydrogens (tertiary/aromatic N) is 1. The monoisotopic (exact) mass is 348 g/mol. The molecule has 1 aromatic heterocycles. The van der Waals surface area contributed by atoms with E-state index in [9.17, 15) is 4.79 Å². The molecule has 0 saturated carbocycles. The maximum absolute atomic E-state index is 12.3. The highest BCUT2D eigenvalue weighted by Crippen LogP contribution is 2.33. The first-order chi connectivity index (χ1) is 11.7. The van der Waals surface area contributed by atoms with E-state index in [4.69, 9.17) is 14.2 Å². The maximum Gasteiger partial charge on any atom is 0.229 e. The average Bonchev–Trinajstić information content (AvgIpc) is 3.10. The number of hydrogen-bond acceptors (Lipinski definition) is 6. The van der Waals surface area contributed by atoms with Crippen LogP contribution in [0.2, 0.25) is 0 Å². The molecule has 1 amide bonds. The number of ether oxygens (including phenoxy) is 3. The van der Waals surface area contributed by atoms with E-state index in [1.165, 1.54) is 11.3 Å². The van der Waals surface area contributed by atoms with E-state index in [0.717, 1.165) is 24.1 Å². The summed E-state index contributed by atoms with van der Waals surface area (Å²) < 4.78 is 15.8. The van der Waals surface area contributed by atoms with Crippen LogP contribution in [0.1, 0.15) is 12.8 Å². The molecule has 1 fully saturated rings. The standard InChI is InChI=1S/C17H20N2O4S/c1-21-14-4-3-12(9-15(14)22-2)13-10-24-17(18-13)19-16(20)11-5-7-23-8-6-11/h3-4,9-11H,5-8H2,1-2H3,(H,18,19,20). The zero-order valence-electron chi connectivity index (χ0n) is 13.7. The zero-order chi connectivity index (χ0) is 16.9. The molecular weight excluding hydrogens is 328 g/mol. The Labute approximate surface area is 144 Å². The summed E-state index contributed by atoms with van der Waals surface area (Å²) in [4.78, 5) is 16.8. The molecule has 3 rings (SSSR count). The molecule has 2 heterocycles. The van der Waals surface area contributed by atoms with E-state index < -0.39 is 0 Å². The highest BCUT2D eigenvalue weighted by molar-refractivity contribution is 7.14. The summed E-state index contributed by atoms with van der Waals surface area (Å²) in [6.45, 7) is 1.29. The molecular formula is C17H20N2O4S. The Morgan fingerprint density at radius 1 is 1.25 bits per heavy atom. The van der Waals surface area contributed by atoms with E-state index in [1.54, 1.807) is 14.2 Å². The van der Waals surface area contributed by atoms with Gasteiger partial charge in [-0.15, -0.1) is 11.3 Å². The molecule has 1 aromatic carbocycles. The summed E-state index contributed by atoms with van der Waals surface area (Å²) in [6.07, 6.45) is 1.53. The van der Waals surface area contributed by atoms with Crippen LogP contribution in [0.5, 0.6) is 11.5 Å². The summed E-state index contributed by atoms with van der Waals surface area (Å²) in [6, 6.07) is 5.63. The van der Waals surface area contributed by atoms with E-state index in [-0.39, 0.29) is 11.8 Å². The van der Waals surface area contributed by atoms with Gasteiger partial charge < -0.3 is 19.5 Å². The number of carbonyl (C=O) groups is 1. The Hall–Kier alpha value is -2.12. The molecule has 0 atom stereocenters. The molecule has 6 nitrogen and oxygen atoms in total. The fraction of sp³-hybridized carbons (Fsp3) is 0.412. The first-order valence-corrected chi connectivity index (χ1v) is 8.65. The molecule has 1 aliphatic heterocycles. The highest BCUT2D eigenvalue weighted by Gasteiger charge is 2.22. The highest BCUT2D eigenvalue weighted by atomic mass is 32.1. The lowest BCUT2D eigenvalue weighted by molar-refractivity contribution is -0.122. The molecule has 24 heavy (non-hydrogen) atoms. The van der Waals surface area contributed by atoms with Crippen molar-refractivity contribution in [2.45, 2.75) is 12.8 Å². The third-order valence-corrected chi connectivity index (χ3v) is 4.76. The van der Waals surface area contributed by atoms with Crippen molar-refractivity contribution in [3.63, 3.8) is 0 Å². The Kier molecular flexibility index (Phi) is 5.32. The van der Waals surface area contributed by atoms with Gasteiger partial charge in [0.25, 0.3) is 0 Å². The van der Waals surface area contributed by atoms with E-state index in [1.807, 2.05) is 23.6 Å². The molecule has 2 aromatic rings. The van der Waals surface area contributed by atoms with Gasteiger partial charge in [0.05, 0.1) is 19.9 Å². The Bertz CT molecular complexity index is 710. The number of hydrogen-bond donors (Lipinski definition) is 1. The molecule has 128 valence electrons. The van der Waals surface area contributed by atoms with Gasteiger partial charge in [0.2, 0.25) is 5.91 Å². The second-order valence-electron chi connectivity index (χ2n) is 5.48. The van der Waals surface area contributed by atoms with Crippen molar-refractivity contribution in [1.29, 1.82) is 0 Å². The number of carbonyl (C=O) groups excluding carboxylic acids is 1. The van der Waals surface area contributed by atoms with Crippen molar-refractivity contribution in [1.82, 2.24) is 4.98 Å². The number of rotatable bonds is 5. The minimum atomic E-state index is 0.00665. The number of thiazole rings is 1. The number of aromatic nitrogens is 1. The molecule has 0 unspecified atom stereocenters. The quantitative estimate of drug-likeness (QED) is 0.899. The first kappa shape index (κ1) is 16.7. The van der Waals surface area contributed by atoms with Crippen molar-refractivity contribution in [2.75, 3.05) is 32.8 Å². The molecule has 0 radical (unpaired) electrons. The molecule has 1 saturated heterocycles. The molecule has 0 aliphatic carbocycles. The summed E-state index contributed by atoms with van der Waals surface area (Å²) in [5, 5.41) is 5.44. The maximum atomic E-state index is 12.3. The number of nitrogens with one attached hydrogen (secondary N) is 1. The van der Waals surface area contributed by atoms with Gasteiger partial charge >= 0.3 is 0 Å². The lowest BCUT2D eigenvalue weighted by atomic mass is 10.00. The number of anilines is 1. The number of methoxy groups -OCH3 is 2. The lowest BCUT2D eigenvalue weighted by Gasteiger charge is -2.20. The van der Waals surface area contributed by atoms with Crippen LogP contribution in [-0.4, -0.2) is 38.3 Å². The predicted octanol–water partition coefficient (Wildman–Crippen LogP) is 3.19. The summed E-state index contributed by atoms with van der Waals surface area (Å²) in [5.41, 5.74) is 1.71. The zero-order valence-corrected chi connectivity index (χ0v) is 14.5. The molecule has 1 N–H and O–H groups in total. The summed E-state index contributed by atoms with van der Waals surface area (Å²) >= 11 is 1.41. The van der Waals surface area contributed by atoms with Crippen LogP contribution in [0.15, 0.2) is 23.6 Å². The van der Waals surface area contributed by atoms with Crippen molar-refractivity contribution >= 4 is 22.4 Å². The van der Waals surface area contributed by atoms with Gasteiger partial charge in [-0.2, -0.15) is 0 Å². The third kappa shape index (κ3) is 3.68. The van der Waals surface area contributed by atoms with Crippen molar-refractivity contribution in [3.8, 4) is 22.8 Å². The van der Waals surface area contributed by atoms with Gasteiger partial charge in [-0.05, 0) is 31.0 Å². The smallest absolute Gasteiger partial charge is 0.229 e. The Balaban J connectivity index is 1.72. The molecule has 0 spiro atoms. The van der Waals surface area contributed by atoms with Crippen molar-refractivity contribution in [3.05, 3.63) is 23.6 Å². The van der Waals surface area contributed by atoms with Gasteiger partial charge in [0, 0.05) is 30.1 Å². The van der Waals surface area contributed by atoms with Gasteiger partial charge in [-0.3, -0.25) is 4.79 Å². The van der Waals surface area contributed by atoms with Gasteiger partial charge in [-0.1, -0.05) is 0 Å². The SMILES string of the molecule is COc1ccc(-c2csc(NC(=O)C3CCOCC3)n2)cc1OC. The van der Waals surface area contributed by atoms with Crippen LogP contribution in [0.4, 0.5) is 5.13 Å². The number of benzene rings is 1. The Morgan fingerprint density at radius 2 is 2.00 bits per heavy atom. The second-order valence-corrected chi connectivity index (χ2v) is 6.34. The van der Waals surface area contributed by atoms with Gasteiger partial charge in [0.1, 0.15) is 0 Å². The van der Waals surface area contributed by atoms with E-state index >= 15 is 0 Å². The van der Waals surface area contributed by atoms with Crippen molar-refractivity contribution < 1.29 is 19.0 Å². The molecule has 0 bridgehead atoms. The fourth-order valence-electron chi connectivity index (χ4n) is 2.63. The van der Waals surface area contributed by atoms with Gasteiger partial charge in [0.15, 0.2) is 16.6 Å².